The number of hydrogen-bond donors (Lipinski definition) is 1. The Hall–Kier alpha value is -2.54. The molecule has 2 aromatic carbocycles. The summed E-state index contributed by atoms with van der Waals surface area (Å²) in [6, 6.07) is 7.85. The Bertz CT molecular complexity index is 890. The number of aromatic nitrogens is 1. The molecule has 23 heavy (non-hydrogen) atoms. The maximum atomic E-state index is 12.8. The number of oxazole rings is 1. The lowest BCUT2D eigenvalue weighted by molar-refractivity contribution is -0.137. The summed E-state index contributed by atoms with van der Waals surface area (Å²) in [4.78, 5) is 16.1. The fourth-order valence-corrected chi connectivity index (χ4v) is 2.38. The number of benzene rings is 2. The number of fused-ring (bicyclic) bond motifs is 1. The summed E-state index contributed by atoms with van der Waals surface area (Å²) >= 11 is 5.72. The van der Waals surface area contributed by atoms with Gasteiger partial charge < -0.3 is 9.73 Å². The average molecular weight is 341 g/mol. The molecule has 118 valence electrons. The Morgan fingerprint density at radius 1 is 1.22 bits per heavy atom. The van der Waals surface area contributed by atoms with Crippen LogP contribution >= 0.6 is 11.6 Å². The van der Waals surface area contributed by atoms with Gasteiger partial charge in [0.25, 0.3) is 5.91 Å². The lowest BCUT2D eigenvalue weighted by Crippen LogP contribution is -2.15. The molecule has 1 N–H and O–H groups in total. The molecule has 3 rings (SSSR count). The van der Waals surface area contributed by atoms with E-state index in [1.807, 2.05) is 0 Å². The van der Waals surface area contributed by atoms with Gasteiger partial charge in [-0.15, -0.1) is 0 Å². The maximum Gasteiger partial charge on any atom is 0.417 e. The number of nitrogens with zero attached hydrogens (tertiary/aromatic N) is 1. The first-order valence-electron chi connectivity index (χ1n) is 6.36. The van der Waals surface area contributed by atoms with Crippen LogP contribution in [-0.4, -0.2) is 10.9 Å². The second-order valence-corrected chi connectivity index (χ2v) is 5.03. The van der Waals surface area contributed by atoms with Crippen LogP contribution in [0.15, 0.2) is 47.2 Å². The first-order valence-corrected chi connectivity index (χ1v) is 6.74. The van der Waals surface area contributed by atoms with E-state index in [1.54, 1.807) is 12.1 Å². The predicted molar refractivity (Wildman–Crippen MR) is 78.4 cm³/mol. The van der Waals surface area contributed by atoms with Crippen molar-refractivity contribution >= 4 is 34.3 Å². The summed E-state index contributed by atoms with van der Waals surface area (Å²) in [6.45, 7) is 0. The minimum absolute atomic E-state index is 0.262. The minimum atomic E-state index is -4.63. The second kappa shape index (κ2) is 5.58. The average Bonchev–Trinajstić information content (AvgIpc) is 2.93. The molecule has 0 saturated carbocycles. The highest BCUT2D eigenvalue weighted by molar-refractivity contribution is 6.35. The van der Waals surface area contributed by atoms with Gasteiger partial charge in [0, 0.05) is 5.69 Å². The van der Waals surface area contributed by atoms with E-state index in [0.717, 1.165) is 12.1 Å². The number of hydrogen-bond acceptors (Lipinski definition) is 3. The molecule has 0 bridgehead atoms. The van der Waals surface area contributed by atoms with E-state index >= 15 is 0 Å². The topological polar surface area (TPSA) is 55.1 Å². The zero-order valence-electron chi connectivity index (χ0n) is 11.3. The number of halogens is 4. The van der Waals surface area contributed by atoms with Gasteiger partial charge in [-0.05, 0) is 30.3 Å². The number of carbonyl (C=O) groups is 1. The van der Waals surface area contributed by atoms with E-state index in [2.05, 4.69) is 10.3 Å². The van der Waals surface area contributed by atoms with Crippen molar-refractivity contribution in [1.82, 2.24) is 4.98 Å². The smallest absolute Gasteiger partial charge is 0.417 e. The van der Waals surface area contributed by atoms with Crippen LogP contribution in [0.3, 0.4) is 0 Å². The SMILES string of the molecule is O=C(Nc1ccc2ocnc2c1)c1cccc(C(F)(F)F)c1Cl. The van der Waals surface area contributed by atoms with Crippen molar-refractivity contribution in [3.05, 3.63) is 58.9 Å². The normalized spacial score (nSPS) is 11.7. The Kier molecular flexibility index (Phi) is 3.73. The molecule has 0 aliphatic rings. The van der Waals surface area contributed by atoms with Gasteiger partial charge in [-0.25, -0.2) is 4.98 Å². The van der Waals surface area contributed by atoms with E-state index in [-0.39, 0.29) is 5.56 Å². The number of carbonyl (C=O) groups excluding carboxylic acids is 1. The Labute approximate surface area is 132 Å². The van der Waals surface area contributed by atoms with Crippen molar-refractivity contribution < 1.29 is 22.4 Å². The van der Waals surface area contributed by atoms with Crippen molar-refractivity contribution in [3.63, 3.8) is 0 Å². The summed E-state index contributed by atoms with van der Waals surface area (Å²) < 4.78 is 43.5. The van der Waals surface area contributed by atoms with E-state index in [0.29, 0.717) is 16.8 Å². The summed E-state index contributed by atoms with van der Waals surface area (Å²) in [5, 5.41) is 1.85. The van der Waals surface area contributed by atoms with Crippen molar-refractivity contribution in [1.29, 1.82) is 0 Å². The van der Waals surface area contributed by atoms with Gasteiger partial charge in [-0.1, -0.05) is 17.7 Å². The zero-order chi connectivity index (χ0) is 16.6. The van der Waals surface area contributed by atoms with Gasteiger partial charge in [0.15, 0.2) is 12.0 Å². The van der Waals surface area contributed by atoms with E-state index in [9.17, 15) is 18.0 Å². The number of alkyl halides is 3. The first kappa shape index (κ1) is 15.4. The van der Waals surface area contributed by atoms with Gasteiger partial charge >= 0.3 is 6.18 Å². The lowest BCUT2D eigenvalue weighted by atomic mass is 10.1. The predicted octanol–water partition coefficient (Wildman–Crippen LogP) is 4.75. The Morgan fingerprint density at radius 2 is 2.00 bits per heavy atom. The summed E-state index contributed by atoms with van der Waals surface area (Å²) in [5.41, 5.74) is 0.0865. The molecule has 4 nitrogen and oxygen atoms in total. The van der Waals surface area contributed by atoms with Crippen molar-refractivity contribution in [2.45, 2.75) is 6.18 Å². The van der Waals surface area contributed by atoms with Gasteiger partial charge in [0.05, 0.1) is 16.1 Å². The van der Waals surface area contributed by atoms with Crippen molar-refractivity contribution in [2.24, 2.45) is 0 Å². The molecule has 1 heterocycles. The zero-order valence-corrected chi connectivity index (χ0v) is 12.1. The van der Waals surface area contributed by atoms with Gasteiger partial charge in [0.1, 0.15) is 5.52 Å². The molecule has 0 aliphatic carbocycles. The molecule has 0 fully saturated rings. The number of nitrogens with one attached hydrogen (secondary N) is 1. The van der Waals surface area contributed by atoms with Crippen molar-refractivity contribution in [3.8, 4) is 0 Å². The molecule has 0 unspecified atom stereocenters. The highest BCUT2D eigenvalue weighted by Crippen LogP contribution is 2.36. The maximum absolute atomic E-state index is 12.8. The number of amides is 1. The summed E-state index contributed by atoms with van der Waals surface area (Å²) in [7, 11) is 0. The molecule has 1 amide bonds. The van der Waals surface area contributed by atoms with Crippen LogP contribution in [0.1, 0.15) is 15.9 Å². The molecular formula is C15H8ClF3N2O2. The van der Waals surface area contributed by atoms with Crippen LogP contribution in [0.5, 0.6) is 0 Å². The lowest BCUT2D eigenvalue weighted by Gasteiger charge is -2.12. The number of rotatable bonds is 2. The van der Waals surface area contributed by atoms with Crippen LogP contribution in [-0.2, 0) is 6.18 Å². The highest BCUT2D eigenvalue weighted by atomic mass is 35.5. The van der Waals surface area contributed by atoms with Gasteiger partial charge in [-0.2, -0.15) is 13.2 Å². The van der Waals surface area contributed by atoms with Crippen LogP contribution in [0.2, 0.25) is 5.02 Å². The largest absolute Gasteiger partial charge is 0.443 e. The standard InChI is InChI=1S/C15H8ClF3N2O2/c16-13-9(2-1-3-10(13)15(17,18)19)14(22)21-8-4-5-12-11(6-8)20-7-23-12/h1-7H,(H,21,22). The molecule has 1 aromatic heterocycles. The summed E-state index contributed by atoms with van der Waals surface area (Å²) in [6.07, 6.45) is -3.38. The van der Waals surface area contributed by atoms with E-state index in [1.165, 1.54) is 18.5 Å². The van der Waals surface area contributed by atoms with Gasteiger partial charge in [0.2, 0.25) is 0 Å². The van der Waals surface area contributed by atoms with Crippen LogP contribution in [0.4, 0.5) is 18.9 Å². The first-order chi connectivity index (χ1) is 10.9. The third-order valence-electron chi connectivity index (χ3n) is 3.14. The van der Waals surface area contributed by atoms with E-state index in [4.69, 9.17) is 16.0 Å². The Balaban J connectivity index is 1.91. The highest BCUT2D eigenvalue weighted by Gasteiger charge is 2.34. The third kappa shape index (κ3) is 3.00. The van der Waals surface area contributed by atoms with Crippen molar-refractivity contribution in [2.75, 3.05) is 5.32 Å². The van der Waals surface area contributed by atoms with Gasteiger partial charge in [-0.3, -0.25) is 4.79 Å². The third-order valence-corrected chi connectivity index (χ3v) is 3.54. The number of anilines is 1. The molecule has 0 aliphatic heterocycles. The molecule has 0 radical (unpaired) electrons. The molecule has 3 aromatic rings. The monoisotopic (exact) mass is 340 g/mol. The quantitative estimate of drug-likeness (QED) is 0.732. The fourth-order valence-electron chi connectivity index (χ4n) is 2.06. The van der Waals surface area contributed by atoms with Crippen LogP contribution in [0, 0.1) is 0 Å². The minimum Gasteiger partial charge on any atom is -0.443 e. The molecule has 0 saturated heterocycles. The molecular weight excluding hydrogens is 333 g/mol. The fraction of sp³-hybridized carbons (Fsp3) is 0.0667. The molecule has 0 spiro atoms. The molecule has 0 atom stereocenters. The Morgan fingerprint density at radius 3 is 2.74 bits per heavy atom. The summed E-state index contributed by atoms with van der Waals surface area (Å²) in [5.74, 6) is -0.746. The second-order valence-electron chi connectivity index (χ2n) is 4.65. The van der Waals surface area contributed by atoms with E-state index < -0.39 is 22.7 Å². The van der Waals surface area contributed by atoms with Crippen LogP contribution in [0.25, 0.3) is 11.1 Å². The van der Waals surface area contributed by atoms with Crippen LogP contribution < -0.4 is 5.32 Å². The molecule has 8 heteroatoms.